The smallest absolute Gasteiger partial charge is 0.182 e. The standard InChI is InChI=1S/C23H35NO2/c1-3-4-5-6-7-12-15-22-21(16-17-23(22)26)14-11-9-8-10-13-20(2)24-18-19-25/h7,9,11-12,15-17,21,24-25H,2-6,8,10,13-14,18-19H2,1H3/b11-9+,12-7+,22-15+. The maximum absolute atomic E-state index is 12.0. The van der Waals surface area contributed by atoms with Gasteiger partial charge in [-0.3, -0.25) is 4.79 Å². The van der Waals surface area contributed by atoms with Gasteiger partial charge in [0.2, 0.25) is 0 Å². The number of carbonyl (C=O) groups is 1. The van der Waals surface area contributed by atoms with E-state index < -0.39 is 0 Å². The summed E-state index contributed by atoms with van der Waals surface area (Å²) < 4.78 is 0. The van der Waals surface area contributed by atoms with Crippen molar-refractivity contribution in [2.75, 3.05) is 13.2 Å². The van der Waals surface area contributed by atoms with Crippen molar-refractivity contribution in [3.05, 3.63) is 60.4 Å². The van der Waals surface area contributed by atoms with Gasteiger partial charge in [-0.05, 0) is 44.6 Å². The second-order valence-corrected chi connectivity index (χ2v) is 6.73. The van der Waals surface area contributed by atoms with Crippen LogP contribution in [0, 0.1) is 5.92 Å². The summed E-state index contributed by atoms with van der Waals surface area (Å²) in [4.78, 5) is 12.0. The molecule has 144 valence electrons. The van der Waals surface area contributed by atoms with Gasteiger partial charge in [-0.15, -0.1) is 0 Å². The molecule has 0 aliphatic heterocycles. The van der Waals surface area contributed by atoms with E-state index in [1.54, 1.807) is 6.08 Å². The number of hydrogen-bond acceptors (Lipinski definition) is 3. The van der Waals surface area contributed by atoms with E-state index in [-0.39, 0.29) is 18.3 Å². The van der Waals surface area contributed by atoms with Crippen molar-refractivity contribution in [2.45, 2.75) is 58.3 Å². The Labute approximate surface area is 159 Å². The van der Waals surface area contributed by atoms with Crippen molar-refractivity contribution in [1.29, 1.82) is 0 Å². The Morgan fingerprint density at radius 2 is 2.04 bits per heavy atom. The van der Waals surface area contributed by atoms with Crippen LogP contribution in [0.5, 0.6) is 0 Å². The number of ketones is 1. The molecule has 3 nitrogen and oxygen atoms in total. The van der Waals surface area contributed by atoms with Crippen molar-refractivity contribution in [1.82, 2.24) is 5.32 Å². The highest BCUT2D eigenvalue weighted by Gasteiger charge is 2.20. The highest BCUT2D eigenvalue weighted by Crippen LogP contribution is 2.25. The fourth-order valence-electron chi connectivity index (χ4n) is 2.89. The number of unbranched alkanes of at least 4 members (excludes halogenated alkanes) is 4. The summed E-state index contributed by atoms with van der Waals surface area (Å²) in [5.74, 6) is 0.355. The van der Waals surface area contributed by atoms with Crippen molar-refractivity contribution in [2.24, 2.45) is 5.92 Å². The SMILES string of the molecule is C=C(CCC/C=C/CC1C=CC(=O)/C1=C/C=C/CCCCC)NCCO. The van der Waals surface area contributed by atoms with Crippen LogP contribution in [0.4, 0.5) is 0 Å². The minimum atomic E-state index is 0.135. The average Bonchev–Trinajstić information content (AvgIpc) is 2.99. The molecule has 1 rings (SSSR count). The van der Waals surface area contributed by atoms with Gasteiger partial charge in [0.25, 0.3) is 0 Å². The van der Waals surface area contributed by atoms with Crippen LogP contribution in [0.25, 0.3) is 0 Å². The van der Waals surface area contributed by atoms with Gasteiger partial charge in [0.05, 0.1) is 6.61 Å². The summed E-state index contributed by atoms with van der Waals surface area (Å²) in [6.45, 7) is 6.85. The number of allylic oxidation sites excluding steroid dienone is 9. The monoisotopic (exact) mass is 357 g/mol. The molecule has 0 saturated carbocycles. The zero-order chi connectivity index (χ0) is 19.0. The fraction of sp³-hybridized carbons (Fsp3) is 0.522. The Bertz CT molecular complexity index is 540. The molecule has 0 spiro atoms. The lowest BCUT2D eigenvalue weighted by molar-refractivity contribution is -0.111. The third kappa shape index (κ3) is 9.57. The Morgan fingerprint density at radius 1 is 1.23 bits per heavy atom. The van der Waals surface area contributed by atoms with Gasteiger partial charge >= 0.3 is 0 Å². The van der Waals surface area contributed by atoms with E-state index in [9.17, 15) is 4.79 Å². The van der Waals surface area contributed by atoms with Crippen LogP contribution in [0.3, 0.4) is 0 Å². The molecule has 1 aliphatic rings. The van der Waals surface area contributed by atoms with E-state index in [2.05, 4.69) is 37.0 Å². The highest BCUT2D eigenvalue weighted by atomic mass is 16.3. The van der Waals surface area contributed by atoms with Crippen molar-refractivity contribution in [3.8, 4) is 0 Å². The fourth-order valence-corrected chi connectivity index (χ4v) is 2.89. The minimum absolute atomic E-state index is 0.135. The molecule has 0 amide bonds. The van der Waals surface area contributed by atoms with E-state index in [0.717, 1.165) is 43.4 Å². The van der Waals surface area contributed by atoms with Crippen molar-refractivity contribution in [3.63, 3.8) is 0 Å². The molecule has 0 bridgehead atoms. The van der Waals surface area contributed by atoms with Crippen molar-refractivity contribution >= 4 is 5.78 Å². The predicted octanol–water partition coefficient (Wildman–Crippen LogP) is 5.02. The van der Waals surface area contributed by atoms with Gasteiger partial charge in [-0.2, -0.15) is 0 Å². The van der Waals surface area contributed by atoms with Gasteiger partial charge in [0, 0.05) is 23.7 Å². The number of hydrogen-bond donors (Lipinski definition) is 2. The van der Waals surface area contributed by atoms with Gasteiger partial charge in [0.15, 0.2) is 5.78 Å². The number of nitrogens with one attached hydrogen (secondary N) is 1. The van der Waals surface area contributed by atoms with E-state index in [1.165, 1.54) is 19.3 Å². The number of aliphatic hydroxyl groups excluding tert-OH is 1. The highest BCUT2D eigenvalue weighted by molar-refractivity contribution is 6.07. The van der Waals surface area contributed by atoms with Gasteiger partial charge in [-0.1, -0.05) is 62.8 Å². The molecule has 1 unspecified atom stereocenters. The normalized spacial score (nSPS) is 18.6. The second kappa shape index (κ2) is 14.3. The summed E-state index contributed by atoms with van der Waals surface area (Å²) >= 11 is 0. The van der Waals surface area contributed by atoms with Gasteiger partial charge in [0.1, 0.15) is 0 Å². The molecular weight excluding hydrogens is 322 g/mol. The summed E-state index contributed by atoms with van der Waals surface area (Å²) in [5, 5.41) is 11.8. The summed E-state index contributed by atoms with van der Waals surface area (Å²) in [6, 6.07) is 0. The molecule has 1 aliphatic carbocycles. The van der Waals surface area contributed by atoms with Crippen LogP contribution in [0.2, 0.25) is 0 Å². The van der Waals surface area contributed by atoms with Crippen LogP contribution in [0.1, 0.15) is 58.3 Å². The number of aliphatic hydroxyl groups is 1. The molecule has 0 aromatic heterocycles. The predicted molar refractivity (Wildman–Crippen MR) is 111 cm³/mol. The third-order valence-corrected chi connectivity index (χ3v) is 4.44. The van der Waals surface area contributed by atoms with Gasteiger partial charge in [-0.25, -0.2) is 0 Å². The maximum atomic E-state index is 12.0. The largest absolute Gasteiger partial charge is 0.395 e. The van der Waals surface area contributed by atoms with Crippen LogP contribution in [-0.4, -0.2) is 24.0 Å². The topological polar surface area (TPSA) is 49.3 Å². The van der Waals surface area contributed by atoms with Crippen LogP contribution in [-0.2, 0) is 4.79 Å². The lowest BCUT2D eigenvalue weighted by atomic mass is 9.97. The summed E-state index contributed by atoms with van der Waals surface area (Å²) in [6.07, 6.45) is 22.9. The number of carbonyl (C=O) groups excluding carboxylic acids is 1. The van der Waals surface area contributed by atoms with E-state index in [0.29, 0.717) is 6.54 Å². The maximum Gasteiger partial charge on any atom is 0.182 e. The minimum Gasteiger partial charge on any atom is -0.395 e. The zero-order valence-corrected chi connectivity index (χ0v) is 16.3. The summed E-state index contributed by atoms with van der Waals surface area (Å²) in [5.41, 5.74) is 1.88. The van der Waals surface area contributed by atoms with E-state index in [1.807, 2.05) is 18.2 Å². The molecule has 1 atom stereocenters. The molecule has 0 fully saturated rings. The Balaban J connectivity index is 2.30. The first-order chi connectivity index (χ1) is 12.7. The molecule has 26 heavy (non-hydrogen) atoms. The summed E-state index contributed by atoms with van der Waals surface area (Å²) in [7, 11) is 0. The first-order valence-corrected chi connectivity index (χ1v) is 9.95. The molecule has 0 aromatic carbocycles. The first-order valence-electron chi connectivity index (χ1n) is 9.95. The average molecular weight is 358 g/mol. The van der Waals surface area contributed by atoms with Gasteiger partial charge < -0.3 is 10.4 Å². The molecule has 0 saturated heterocycles. The second-order valence-electron chi connectivity index (χ2n) is 6.73. The lowest BCUT2D eigenvalue weighted by Crippen LogP contribution is -2.16. The Kier molecular flexibility index (Phi) is 12.2. The number of rotatable bonds is 14. The zero-order valence-electron chi connectivity index (χ0n) is 16.3. The Morgan fingerprint density at radius 3 is 2.81 bits per heavy atom. The molecular formula is C23H35NO2. The Hall–Kier alpha value is -1.87. The quantitative estimate of drug-likeness (QED) is 0.261. The molecule has 0 radical (unpaired) electrons. The van der Waals surface area contributed by atoms with Crippen molar-refractivity contribution < 1.29 is 9.90 Å². The van der Waals surface area contributed by atoms with Crippen LogP contribution in [0.15, 0.2) is 60.4 Å². The molecule has 0 aromatic rings. The van der Waals surface area contributed by atoms with Crippen LogP contribution >= 0.6 is 0 Å². The first kappa shape index (κ1) is 22.2. The third-order valence-electron chi connectivity index (χ3n) is 4.44. The van der Waals surface area contributed by atoms with Crippen LogP contribution < -0.4 is 5.32 Å². The molecule has 2 N–H and O–H groups in total. The van der Waals surface area contributed by atoms with E-state index >= 15 is 0 Å². The molecule has 3 heteroatoms. The lowest BCUT2D eigenvalue weighted by Gasteiger charge is -2.07. The molecule has 0 heterocycles. The van der Waals surface area contributed by atoms with E-state index in [4.69, 9.17) is 5.11 Å².